The summed E-state index contributed by atoms with van der Waals surface area (Å²) in [6, 6.07) is 5.88. The fraction of sp³-hybridized carbons (Fsp3) is 0.600. The highest BCUT2D eigenvalue weighted by molar-refractivity contribution is 5.61. The number of anilines is 1. The highest BCUT2D eigenvalue weighted by Gasteiger charge is 2.36. The van der Waals surface area contributed by atoms with E-state index < -0.39 is 0 Å². The van der Waals surface area contributed by atoms with Crippen molar-refractivity contribution in [3.8, 4) is 11.5 Å². The van der Waals surface area contributed by atoms with E-state index in [2.05, 4.69) is 11.9 Å². The van der Waals surface area contributed by atoms with Gasteiger partial charge in [-0.2, -0.15) is 0 Å². The van der Waals surface area contributed by atoms with Crippen LogP contribution in [0.2, 0.25) is 0 Å². The molecule has 4 heteroatoms. The molecule has 0 heterocycles. The van der Waals surface area contributed by atoms with E-state index in [1.807, 2.05) is 18.2 Å². The van der Waals surface area contributed by atoms with E-state index in [4.69, 9.17) is 15.2 Å². The fourth-order valence-electron chi connectivity index (χ4n) is 2.79. The summed E-state index contributed by atoms with van der Waals surface area (Å²) in [6.45, 7) is 1.72. The van der Waals surface area contributed by atoms with Crippen molar-refractivity contribution in [1.29, 1.82) is 0 Å². The van der Waals surface area contributed by atoms with E-state index in [1.54, 1.807) is 14.2 Å². The molecule has 106 valence electrons. The number of nitrogens with two attached hydrogens (primary N) is 1. The van der Waals surface area contributed by atoms with Crippen molar-refractivity contribution in [3.63, 3.8) is 0 Å². The molecule has 1 aromatic rings. The third-order valence-corrected chi connectivity index (χ3v) is 4.22. The number of benzene rings is 1. The third kappa shape index (κ3) is 2.78. The SMILES string of the molecule is COc1ccc(OC)c(N(C)CC2(CN)CCC2)c1. The maximum Gasteiger partial charge on any atom is 0.142 e. The smallest absolute Gasteiger partial charge is 0.142 e. The second-order valence-electron chi connectivity index (χ2n) is 5.45. The molecule has 1 aliphatic carbocycles. The lowest BCUT2D eigenvalue weighted by Gasteiger charge is -2.44. The first-order valence-electron chi connectivity index (χ1n) is 6.77. The maximum absolute atomic E-state index is 5.94. The molecule has 1 aliphatic rings. The van der Waals surface area contributed by atoms with E-state index in [0.29, 0.717) is 0 Å². The number of hydrogen-bond donors (Lipinski definition) is 1. The van der Waals surface area contributed by atoms with Crippen LogP contribution in [-0.4, -0.2) is 34.4 Å². The Balaban J connectivity index is 2.19. The van der Waals surface area contributed by atoms with Gasteiger partial charge in [0.25, 0.3) is 0 Å². The number of nitrogens with zero attached hydrogens (tertiary/aromatic N) is 1. The first kappa shape index (κ1) is 14.0. The zero-order valence-corrected chi connectivity index (χ0v) is 12.1. The molecule has 19 heavy (non-hydrogen) atoms. The summed E-state index contributed by atoms with van der Waals surface area (Å²) in [7, 11) is 5.47. The lowest BCUT2D eigenvalue weighted by atomic mass is 9.68. The van der Waals surface area contributed by atoms with Crippen LogP contribution in [0.1, 0.15) is 19.3 Å². The Morgan fingerprint density at radius 2 is 2.00 bits per heavy atom. The van der Waals surface area contributed by atoms with Gasteiger partial charge in [-0.05, 0) is 31.5 Å². The van der Waals surface area contributed by atoms with Crippen LogP contribution in [0.3, 0.4) is 0 Å². The van der Waals surface area contributed by atoms with Gasteiger partial charge in [-0.25, -0.2) is 0 Å². The van der Waals surface area contributed by atoms with E-state index in [0.717, 1.165) is 30.3 Å². The minimum absolute atomic E-state index is 0.281. The molecule has 1 aromatic carbocycles. The van der Waals surface area contributed by atoms with Gasteiger partial charge in [0.05, 0.1) is 19.9 Å². The maximum atomic E-state index is 5.94. The topological polar surface area (TPSA) is 47.7 Å². The van der Waals surface area contributed by atoms with Crippen molar-refractivity contribution in [2.75, 3.05) is 39.3 Å². The van der Waals surface area contributed by atoms with Crippen molar-refractivity contribution < 1.29 is 9.47 Å². The minimum Gasteiger partial charge on any atom is -0.497 e. The van der Waals surface area contributed by atoms with E-state index >= 15 is 0 Å². The van der Waals surface area contributed by atoms with E-state index in [9.17, 15) is 0 Å². The Kier molecular flexibility index (Phi) is 4.20. The molecule has 0 aromatic heterocycles. The van der Waals surface area contributed by atoms with Crippen molar-refractivity contribution >= 4 is 5.69 Å². The molecule has 2 rings (SSSR count). The summed E-state index contributed by atoms with van der Waals surface area (Å²) in [5, 5.41) is 0. The first-order chi connectivity index (χ1) is 9.14. The zero-order chi connectivity index (χ0) is 13.9. The molecule has 4 nitrogen and oxygen atoms in total. The van der Waals surface area contributed by atoms with Gasteiger partial charge in [0.15, 0.2) is 0 Å². The molecule has 0 unspecified atom stereocenters. The highest BCUT2D eigenvalue weighted by atomic mass is 16.5. The Labute approximate surface area is 115 Å². The molecule has 2 N–H and O–H groups in total. The van der Waals surface area contributed by atoms with Crippen LogP contribution in [-0.2, 0) is 0 Å². The third-order valence-electron chi connectivity index (χ3n) is 4.22. The van der Waals surface area contributed by atoms with Gasteiger partial charge in [0.2, 0.25) is 0 Å². The molecule has 1 saturated carbocycles. The second kappa shape index (κ2) is 5.70. The van der Waals surface area contributed by atoms with Crippen molar-refractivity contribution in [1.82, 2.24) is 0 Å². The summed E-state index contributed by atoms with van der Waals surface area (Å²) in [4.78, 5) is 2.23. The average Bonchev–Trinajstić information content (AvgIpc) is 2.41. The summed E-state index contributed by atoms with van der Waals surface area (Å²) in [5.74, 6) is 1.72. The highest BCUT2D eigenvalue weighted by Crippen LogP contribution is 2.42. The van der Waals surface area contributed by atoms with Crippen LogP contribution < -0.4 is 20.1 Å². The Morgan fingerprint density at radius 1 is 1.26 bits per heavy atom. The number of methoxy groups -OCH3 is 2. The largest absolute Gasteiger partial charge is 0.497 e. The van der Waals surface area contributed by atoms with Gasteiger partial charge in [-0.1, -0.05) is 6.42 Å². The van der Waals surface area contributed by atoms with E-state index in [1.165, 1.54) is 19.3 Å². The lowest BCUT2D eigenvalue weighted by Crippen LogP contribution is -2.46. The Morgan fingerprint density at radius 3 is 2.47 bits per heavy atom. The normalized spacial score (nSPS) is 16.6. The fourth-order valence-corrected chi connectivity index (χ4v) is 2.79. The molecule has 0 bridgehead atoms. The minimum atomic E-state index is 0.281. The van der Waals surface area contributed by atoms with Gasteiger partial charge >= 0.3 is 0 Å². The zero-order valence-electron chi connectivity index (χ0n) is 12.1. The lowest BCUT2D eigenvalue weighted by molar-refractivity contribution is 0.154. The van der Waals surface area contributed by atoms with Crippen LogP contribution in [0.15, 0.2) is 18.2 Å². The second-order valence-corrected chi connectivity index (χ2v) is 5.45. The molecule has 0 spiro atoms. The first-order valence-corrected chi connectivity index (χ1v) is 6.77. The van der Waals surface area contributed by atoms with Gasteiger partial charge in [0, 0.05) is 25.1 Å². The van der Waals surface area contributed by atoms with Gasteiger partial charge < -0.3 is 20.1 Å². The number of hydrogen-bond acceptors (Lipinski definition) is 4. The van der Waals surface area contributed by atoms with E-state index in [-0.39, 0.29) is 5.41 Å². The summed E-state index contributed by atoms with van der Waals surface area (Å²) in [5.41, 5.74) is 7.28. The quantitative estimate of drug-likeness (QED) is 0.856. The molecule has 0 amide bonds. The molecule has 0 atom stereocenters. The molecular weight excluding hydrogens is 240 g/mol. The molecule has 0 radical (unpaired) electrons. The molecule has 0 aliphatic heterocycles. The molecule has 1 fully saturated rings. The Hall–Kier alpha value is -1.42. The summed E-state index contributed by atoms with van der Waals surface area (Å²) < 4.78 is 10.7. The van der Waals surface area contributed by atoms with Gasteiger partial charge in [-0.3, -0.25) is 0 Å². The number of rotatable bonds is 6. The predicted molar refractivity (Wildman–Crippen MR) is 78.2 cm³/mol. The van der Waals surface area contributed by atoms with Crippen LogP contribution in [0.4, 0.5) is 5.69 Å². The summed E-state index contributed by atoms with van der Waals surface area (Å²) in [6.07, 6.45) is 3.74. The van der Waals surface area contributed by atoms with Gasteiger partial charge in [0.1, 0.15) is 11.5 Å². The average molecular weight is 264 g/mol. The molecular formula is C15H24N2O2. The monoisotopic (exact) mass is 264 g/mol. The van der Waals surface area contributed by atoms with Gasteiger partial charge in [-0.15, -0.1) is 0 Å². The summed E-state index contributed by atoms with van der Waals surface area (Å²) >= 11 is 0. The van der Waals surface area contributed by atoms with Crippen LogP contribution in [0.5, 0.6) is 11.5 Å². The predicted octanol–water partition coefficient (Wildman–Crippen LogP) is 2.27. The van der Waals surface area contributed by atoms with Crippen LogP contribution in [0, 0.1) is 5.41 Å². The standard InChI is InChI=1S/C15H24N2O2/c1-17(11-15(10-16)7-4-8-15)13-9-12(18-2)5-6-14(13)19-3/h5-6,9H,4,7-8,10-11,16H2,1-3H3. The molecule has 0 saturated heterocycles. The van der Waals surface area contributed by atoms with Crippen molar-refractivity contribution in [3.05, 3.63) is 18.2 Å². The number of ether oxygens (including phenoxy) is 2. The van der Waals surface area contributed by atoms with Crippen molar-refractivity contribution in [2.24, 2.45) is 11.1 Å². The van der Waals surface area contributed by atoms with Crippen molar-refractivity contribution in [2.45, 2.75) is 19.3 Å². The van der Waals surface area contributed by atoms with Crippen LogP contribution >= 0.6 is 0 Å². The van der Waals surface area contributed by atoms with Crippen LogP contribution in [0.25, 0.3) is 0 Å². The Bertz CT molecular complexity index is 425.